The van der Waals surface area contributed by atoms with Crippen LogP contribution in [0.3, 0.4) is 0 Å². The number of likely N-dealkylation sites (N-methyl/N-ethyl adjacent to an activating group) is 1. The zero-order chi connectivity index (χ0) is 26.1. The lowest BCUT2D eigenvalue weighted by atomic mass is 10.1. The van der Waals surface area contributed by atoms with Crippen molar-refractivity contribution in [2.45, 2.75) is 57.5 Å². The van der Waals surface area contributed by atoms with E-state index in [9.17, 15) is 39.1 Å². The number of ether oxygens (including phenoxy) is 1. The van der Waals surface area contributed by atoms with E-state index < -0.39 is 71.5 Å². The largest absolute Gasteiger partial charge is 0.451 e. The standard InChI is InChI=1S/C20H29N5O9/c1-8-6-12-20(32)34-11(4)18(30)23(5)13(14(26)15(21)27)19(31)25(33)10(3)16(28)22-9(2)17(29)24(12)7-8/h8,10-14,26,33H,2,6-7H2,1,3-5H3,(H2,21,27)(H,22,28)/t8-,10-,11-,12-,13-,14+/m0/s1. The van der Waals surface area contributed by atoms with Crippen LogP contribution in [0.25, 0.3) is 0 Å². The van der Waals surface area contributed by atoms with E-state index in [1.54, 1.807) is 6.92 Å². The van der Waals surface area contributed by atoms with Crippen LogP contribution in [0.5, 0.6) is 0 Å². The molecule has 2 aliphatic heterocycles. The predicted molar refractivity (Wildman–Crippen MR) is 112 cm³/mol. The van der Waals surface area contributed by atoms with Crippen LogP contribution in [0.4, 0.5) is 0 Å². The molecule has 34 heavy (non-hydrogen) atoms. The van der Waals surface area contributed by atoms with Gasteiger partial charge in [-0.1, -0.05) is 13.5 Å². The van der Waals surface area contributed by atoms with Crippen LogP contribution in [-0.2, 0) is 33.5 Å². The molecule has 14 nitrogen and oxygen atoms in total. The fourth-order valence-corrected chi connectivity index (χ4v) is 3.81. The summed E-state index contributed by atoms with van der Waals surface area (Å²) in [5.41, 5.74) is 4.67. The number of carbonyl (C=O) groups is 6. The van der Waals surface area contributed by atoms with E-state index in [2.05, 4.69) is 11.9 Å². The van der Waals surface area contributed by atoms with Crippen molar-refractivity contribution in [2.75, 3.05) is 13.6 Å². The molecule has 0 aromatic rings. The van der Waals surface area contributed by atoms with Crippen LogP contribution in [0.2, 0.25) is 0 Å². The minimum atomic E-state index is -2.27. The summed E-state index contributed by atoms with van der Waals surface area (Å²) in [5.74, 6) is -6.65. The summed E-state index contributed by atoms with van der Waals surface area (Å²) in [4.78, 5) is 77.4. The molecular weight excluding hydrogens is 454 g/mol. The summed E-state index contributed by atoms with van der Waals surface area (Å²) in [6, 6.07) is -4.76. The highest BCUT2D eigenvalue weighted by Crippen LogP contribution is 2.26. The fraction of sp³-hybridized carbons (Fsp3) is 0.600. The highest BCUT2D eigenvalue weighted by atomic mass is 16.6. The number of carbonyl (C=O) groups excluding carboxylic acids is 6. The van der Waals surface area contributed by atoms with Crippen LogP contribution >= 0.6 is 0 Å². The van der Waals surface area contributed by atoms with Crippen molar-refractivity contribution in [3.8, 4) is 0 Å². The van der Waals surface area contributed by atoms with Crippen LogP contribution in [0.1, 0.15) is 27.2 Å². The Balaban J connectivity index is 2.53. The topological polar surface area (TPSA) is 200 Å². The minimum Gasteiger partial charge on any atom is -0.451 e. The lowest BCUT2D eigenvalue weighted by molar-refractivity contribution is -0.189. The van der Waals surface area contributed by atoms with Crippen molar-refractivity contribution in [1.29, 1.82) is 0 Å². The molecule has 6 atom stereocenters. The number of esters is 1. The Kier molecular flexibility index (Phi) is 8.00. The quantitative estimate of drug-likeness (QED) is 0.180. The van der Waals surface area contributed by atoms with Crippen molar-refractivity contribution < 1.29 is 43.8 Å². The number of hydrogen-bond donors (Lipinski definition) is 4. The molecule has 2 aliphatic rings. The molecule has 2 rings (SSSR count). The van der Waals surface area contributed by atoms with Gasteiger partial charge in [0, 0.05) is 13.6 Å². The van der Waals surface area contributed by atoms with Gasteiger partial charge in [-0.05, 0) is 26.2 Å². The van der Waals surface area contributed by atoms with Gasteiger partial charge in [-0.15, -0.1) is 0 Å². The van der Waals surface area contributed by atoms with E-state index in [1.807, 2.05) is 0 Å². The Morgan fingerprint density at radius 3 is 2.32 bits per heavy atom. The van der Waals surface area contributed by atoms with Gasteiger partial charge in [-0.2, -0.15) is 0 Å². The van der Waals surface area contributed by atoms with Crippen LogP contribution in [0, 0.1) is 5.92 Å². The van der Waals surface area contributed by atoms with Crippen LogP contribution < -0.4 is 11.1 Å². The van der Waals surface area contributed by atoms with E-state index in [-0.39, 0.29) is 23.9 Å². The van der Waals surface area contributed by atoms with E-state index >= 15 is 0 Å². The molecular formula is C20H29N5O9. The molecule has 0 aliphatic carbocycles. The number of aliphatic hydroxyl groups excluding tert-OH is 1. The normalized spacial score (nSPS) is 30.9. The molecule has 188 valence electrons. The third-order valence-electron chi connectivity index (χ3n) is 5.80. The number of hydrogen-bond acceptors (Lipinski definition) is 9. The van der Waals surface area contributed by atoms with Gasteiger partial charge in [0.25, 0.3) is 17.7 Å². The minimum absolute atomic E-state index is 0.0999. The molecule has 0 aromatic heterocycles. The van der Waals surface area contributed by atoms with Crippen molar-refractivity contribution in [3.05, 3.63) is 12.3 Å². The second-order valence-electron chi connectivity index (χ2n) is 8.46. The first-order chi connectivity index (χ1) is 15.7. The van der Waals surface area contributed by atoms with Crippen molar-refractivity contribution in [3.63, 3.8) is 0 Å². The maximum absolute atomic E-state index is 12.9. The highest BCUT2D eigenvalue weighted by molar-refractivity contribution is 6.01. The number of hydroxylamine groups is 2. The van der Waals surface area contributed by atoms with Gasteiger partial charge in [0.05, 0.1) is 5.70 Å². The summed E-state index contributed by atoms with van der Waals surface area (Å²) in [6.45, 7) is 7.74. The van der Waals surface area contributed by atoms with Gasteiger partial charge in [-0.3, -0.25) is 29.2 Å². The smallest absolute Gasteiger partial charge is 0.329 e. The number of nitrogens with zero attached hydrogens (tertiary/aromatic N) is 3. The van der Waals surface area contributed by atoms with Gasteiger partial charge in [0.1, 0.15) is 18.1 Å². The molecule has 5 N–H and O–H groups in total. The Morgan fingerprint density at radius 2 is 1.76 bits per heavy atom. The Hall–Kier alpha value is -3.52. The lowest BCUT2D eigenvalue weighted by Gasteiger charge is -2.34. The number of fused-ring (bicyclic) bond motifs is 1. The Bertz CT molecular complexity index is 922. The first-order valence-corrected chi connectivity index (χ1v) is 10.5. The Labute approximate surface area is 195 Å². The van der Waals surface area contributed by atoms with E-state index in [0.717, 1.165) is 18.9 Å². The summed E-state index contributed by atoms with van der Waals surface area (Å²) in [5, 5.41) is 22.6. The van der Waals surface area contributed by atoms with Gasteiger partial charge in [0.15, 0.2) is 12.2 Å². The summed E-state index contributed by atoms with van der Waals surface area (Å²) >= 11 is 0. The SMILES string of the molecule is C=C1NC(=O)[C@H](C)N(O)C(=O)[C@H]([C@@H](O)C(N)=O)N(C)C(=O)[C@H](C)OC(=O)[C@@H]2C[C@H](C)CN2C1=O. The predicted octanol–water partition coefficient (Wildman–Crippen LogP) is -2.92. The van der Waals surface area contributed by atoms with Gasteiger partial charge in [0.2, 0.25) is 11.8 Å². The van der Waals surface area contributed by atoms with Crippen LogP contribution in [-0.4, -0.2) is 105 Å². The zero-order valence-electron chi connectivity index (χ0n) is 19.3. The maximum Gasteiger partial charge on any atom is 0.329 e. The van der Waals surface area contributed by atoms with Crippen molar-refractivity contribution >= 4 is 35.5 Å². The number of rotatable bonds is 2. The number of cyclic esters (lactones) is 1. The highest BCUT2D eigenvalue weighted by Gasteiger charge is 2.45. The summed E-state index contributed by atoms with van der Waals surface area (Å²) in [7, 11) is 1.02. The first-order valence-electron chi connectivity index (χ1n) is 10.5. The molecule has 2 heterocycles. The number of nitrogens with two attached hydrogens (primary N) is 1. The maximum atomic E-state index is 12.9. The Morgan fingerprint density at radius 1 is 1.18 bits per heavy atom. The molecule has 2 fully saturated rings. The van der Waals surface area contributed by atoms with E-state index in [1.165, 1.54) is 6.92 Å². The third-order valence-corrected chi connectivity index (χ3v) is 5.80. The molecule has 0 radical (unpaired) electrons. The molecule has 14 heteroatoms. The zero-order valence-corrected chi connectivity index (χ0v) is 19.3. The molecule has 5 amide bonds. The lowest BCUT2D eigenvalue weighted by Crippen LogP contribution is -2.61. The average molecular weight is 483 g/mol. The molecule has 0 spiro atoms. The van der Waals surface area contributed by atoms with Gasteiger partial charge < -0.3 is 30.7 Å². The third kappa shape index (κ3) is 5.17. The molecule has 0 saturated carbocycles. The second-order valence-corrected chi connectivity index (χ2v) is 8.46. The number of aliphatic hydroxyl groups is 1. The van der Waals surface area contributed by atoms with Gasteiger partial charge in [-0.25, -0.2) is 9.86 Å². The van der Waals surface area contributed by atoms with Crippen LogP contribution in [0.15, 0.2) is 12.3 Å². The summed E-state index contributed by atoms with van der Waals surface area (Å²) < 4.78 is 5.22. The molecule has 2 saturated heterocycles. The van der Waals surface area contributed by atoms with E-state index in [0.29, 0.717) is 4.90 Å². The number of nitrogens with one attached hydrogen (secondary N) is 1. The monoisotopic (exact) mass is 483 g/mol. The summed E-state index contributed by atoms with van der Waals surface area (Å²) in [6.07, 6.45) is -3.55. The fourth-order valence-electron chi connectivity index (χ4n) is 3.81. The molecule has 0 unspecified atom stereocenters. The second kappa shape index (κ2) is 10.2. The molecule has 0 bridgehead atoms. The van der Waals surface area contributed by atoms with Crippen molar-refractivity contribution in [2.24, 2.45) is 11.7 Å². The van der Waals surface area contributed by atoms with E-state index in [4.69, 9.17) is 10.5 Å². The molecule has 0 aromatic carbocycles. The first kappa shape index (κ1) is 26.7. The number of amides is 5. The number of primary amides is 1. The average Bonchev–Trinajstić information content (AvgIpc) is 3.17. The van der Waals surface area contributed by atoms with Gasteiger partial charge >= 0.3 is 5.97 Å². The van der Waals surface area contributed by atoms with Crippen molar-refractivity contribution in [1.82, 2.24) is 20.2 Å².